The molecule has 0 saturated heterocycles. The van der Waals surface area contributed by atoms with Crippen molar-refractivity contribution in [2.24, 2.45) is 0 Å². The molecule has 0 saturated carbocycles. The van der Waals surface area contributed by atoms with Crippen LogP contribution in [0, 0.1) is 0 Å². The summed E-state index contributed by atoms with van der Waals surface area (Å²) in [6.45, 7) is 0. The van der Waals surface area contributed by atoms with E-state index in [-0.39, 0.29) is 6.42 Å². The van der Waals surface area contributed by atoms with Crippen LogP contribution in [0.2, 0.25) is 0 Å². The molecule has 0 atom stereocenters. The highest BCUT2D eigenvalue weighted by Crippen LogP contribution is 2.07. The van der Waals surface area contributed by atoms with Crippen molar-refractivity contribution >= 4 is 5.97 Å². The van der Waals surface area contributed by atoms with Gasteiger partial charge in [-0.3, -0.25) is 4.79 Å². The van der Waals surface area contributed by atoms with Crippen molar-refractivity contribution in [1.82, 2.24) is 9.97 Å². The van der Waals surface area contributed by atoms with E-state index in [4.69, 9.17) is 9.84 Å². The minimum Gasteiger partial charge on any atom is -0.481 e. The van der Waals surface area contributed by atoms with E-state index in [1.165, 1.54) is 13.4 Å². The van der Waals surface area contributed by atoms with Gasteiger partial charge in [-0.2, -0.15) is 0 Å². The number of carbonyl (C=O) groups is 1. The van der Waals surface area contributed by atoms with E-state index in [1.54, 1.807) is 6.07 Å². The van der Waals surface area contributed by atoms with E-state index in [2.05, 4.69) is 9.97 Å². The summed E-state index contributed by atoms with van der Waals surface area (Å²) in [6, 6.07) is 1.63. The second-order valence-electron chi connectivity index (χ2n) is 2.45. The first kappa shape index (κ1) is 9.44. The Bertz CT molecular complexity index is 301. The molecule has 0 aliphatic rings. The number of carboxylic acids is 1. The van der Waals surface area contributed by atoms with Crippen LogP contribution in [-0.2, 0) is 11.2 Å². The third kappa shape index (κ3) is 3.06. The van der Waals surface area contributed by atoms with E-state index < -0.39 is 5.97 Å². The van der Waals surface area contributed by atoms with Crippen LogP contribution in [-0.4, -0.2) is 28.2 Å². The molecular weight excluding hydrogens is 172 g/mol. The molecule has 0 unspecified atom stereocenters. The van der Waals surface area contributed by atoms with Crippen molar-refractivity contribution in [2.45, 2.75) is 12.8 Å². The van der Waals surface area contributed by atoms with Gasteiger partial charge in [-0.15, -0.1) is 0 Å². The second-order valence-corrected chi connectivity index (χ2v) is 2.45. The lowest BCUT2D eigenvalue weighted by molar-refractivity contribution is -0.136. The van der Waals surface area contributed by atoms with E-state index in [0.29, 0.717) is 18.0 Å². The predicted octanol–water partition coefficient (Wildman–Crippen LogP) is 0.502. The first-order chi connectivity index (χ1) is 6.22. The lowest BCUT2D eigenvalue weighted by Gasteiger charge is -2.00. The summed E-state index contributed by atoms with van der Waals surface area (Å²) >= 11 is 0. The molecule has 0 spiro atoms. The maximum atomic E-state index is 10.3. The average molecular weight is 182 g/mol. The Balaban J connectivity index is 2.61. The first-order valence-electron chi connectivity index (χ1n) is 3.79. The molecule has 0 amide bonds. The lowest BCUT2D eigenvalue weighted by Crippen LogP contribution is -2.00. The second kappa shape index (κ2) is 4.39. The molecule has 70 valence electrons. The molecule has 0 aliphatic carbocycles. The van der Waals surface area contributed by atoms with Gasteiger partial charge in [0.15, 0.2) is 0 Å². The largest absolute Gasteiger partial charge is 0.481 e. The van der Waals surface area contributed by atoms with Gasteiger partial charge in [0.25, 0.3) is 0 Å². The number of methoxy groups -OCH3 is 1. The Morgan fingerprint density at radius 2 is 2.38 bits per heavy atom. The number of rotatable bonds is 4. The number of aliphatic carboxylic acids is 1. The van der Waals surface area contributed by atoms with Crippen LogP contribution >= 0.6 is 0 Å². The molecular formula is C8H10N2O3. The lowest BCUT2D eigenvalue weighted by atomic mass is 10.2. The molecule has 0 bridgehead atoms. The molecule has 1 heterocycles. The van der Waals surface area contributed by atoms with Crippen molar-refractivity contribution in [3.05, 3.63) is 18.1 Å². The Morgan fingerprint density at radius 3 is 3.00 bits per heavy atom. The van der Waals surface area contributed by atoms with Crippen molar-refractivity contribution in [3.63, 3.8) is 0 Å². The van der Waals surface area contributed by atoms with Crippen LogP contribution in [0.15, 0.2) is 12.4 Å². The van der Waals surface area contributed by atoms with Gasteiger partial charge in [-0.25, -0.2) is 9.97 Å². The van der Waals surface area contributed by atoms with Crippen LogP contribution in [0.1, 0.15) is 12.1 Å². The predicted molar refractivity (Wildman–Crippen MR) is 44.5 cm³/mol. The standard InChI is InChI=1S/C8H10N2O3/c1-13-7-4-6(9-5-10-7)2-3-8(11)12/h4-5H,2-3H2,1H3,(H,11,12). The van der Waals surface area contributed by atoms with Gasteiger partial charge < -0.3 is 9.84 Å². The van der Waals surface area contributed by atoms with E-state index in [0.717, 1.165) is 0 Å². The third-order valence-electron chi connectivity index (χ3n) is 1.50. The minimum atomic E-state index is -0.836. The highest BCUT2D eigenvalue weighted by Gasteiger charge is 2.01. The zero-order valence-corrected chi connectivity index (χ0v) is 7.23. The Kier molecular flexibility index (Phi) is 3.19. The quantitative estimate of drug-likeness (QED) is 0.734. The van der Waals surface area contributed by atoms with Gasteiger partial charge in [-0.1, -0.05) is 0 Å². The number of aryl methyl sites for hydroxylation is 1. The Labute approximate surface area is 75.4 Å². The molecule has 5 nitrogen and oxygen atoms in total. The average Bonchev–Trinajstić information content (AvgIpc) is 2.15. The number of carboxylic acid groups (broad SMARTS) is 1. The fraction of sp³-hybridized carbons (Fsp3) is 0.375. The topological polar surface area (TPSA) is 72.3 Å². The van der Waals surface area contributed by atoms with Gasteiger partial charge in [0, 0.05) is 18.2 Å². The molecule has 1 N–H and O–H groups in total. The third-order valence-corrected chi connectivity index (χ3v) is 1.50. The van der Waals surface area contributed by atoms with E-state index >= 15 is 0 Å². The summed E-state index contributed by atoms with van der Waals surface area (Å²) in [5.41, 5.74) is 0.675. The number of hydrogen-bond donors (Lipinski definition) is 1. The van der Waals surface area contributed by atoms with Crippen molar-refractivity contribution in [2.75, 3.05) is 7.11 Å². The number of hydrogen-bond acceptors (Lipinski definition) is 4. The fourth-order valence-electron chi connectivity index (χ4n) is 0.860. The molecule has 0 fully saturated rings. The maximum Gasteiger partial charge on any atom is 0.303 e. The number of aromatic nitrogens is 2. The molecule has 1 rings (SSSR count). The first-order valence-corrected chi connectivity index (χ1v) is 3.79. The Morgan fingerprint density at radius 1 is 1.62 bits per heavy atom. The fourth-order valence-corrected chi connectivity index (χ4v) is 0.860. The summed E-state index contributed by atoms with van der Waals surface area (Å²) in [4.78, 5) is 18.0. The smallest absolute Gasteiger partial charge is 0.303 e. The van der Waals surface area contributed by atoms with E-state index in [9.17, 15) is 4.79 Å². The van der Waals surface area contributed by atoms with E-state index in [1.807, 2.05) is 0 Å². The molecule has 1 aromatic rings. The van der Waals surface area contributed by atoms with Crippen molar-refractivity contribution in [1.29, 1.82) is 0 Å². The summed E-state index contributed by atoms with van der Waals surface area (Å²) < 4.78 is 4.86. The van der Waals surface area contributed by atoms with Gasteiger partial charge in [-0.05, 0) is 0 Å². The zero-order chi connectivity index (χ0) is 9.68. The van der Waals surface area contributed by atoms with Gasteiger partial charge in [0.2, 0.25) is 5.88 Å². The van der Waals surface area contributed by atoms with Crippen LogP contribution in [0.5, 0.6) is 5.88 Å². The van der Waals surface area contributed by atoms with Crippen molar-refractivity contribution in [3.8, 4) is 5.88 Å². The van der Waals surface area contributed by atoms with Gasteiger partial charge in [0.05, 0.1) is 13.5 Å². The summed E-state index contributed by atoms with van der Waals surface area (Å²) in [7, 11) is 1.50. The normalized spacial score (nSPS) is 9.62. The van der Waals surface area contributed by atoms with Crippen LogP contribution in [0.25, 0.3) is 0 Å². The Hall–Kier alpha value is -1.65. The summed E-state index contributed by atoms with van der Waals surface area (Å²) in [5.74, 6) is -0.382. The maximum absolute atomic E-state index is 10.3. The van der Waals surface area contributed by atoms with Crippen LogP contribution < -0.4 is 4.74 Å². The molecule has 0 radical (unpaired) electrons. The summed E-state index contributed by atoms with van der Waals surface area (Å²) in [6.07, 6.45) is 1.82. The SMILES string of the molecule is COc1cc(CCC(=O)O)ncn1. The van der Waals surface area contributed by atoms with Crippen LogP contribution in [0.4, 0.5) is 0 Å². The number of ether oxygens (including phenoxy) is 1. The van der Waals surface area contributed by atoms with Gasteiger partial charge in [0.1, 0.15) is 6.33 Å². The highest BCUT2D eigenvalue weighted by atomic mass is 16.5. The monoisotopic (exact) mass is 182 g/mol. The molecule has 1 aromatic heterocycles. The molecule has 13 heavy (non-hydrogen) atoms. The minimum absolute atomic E-state index is 0.0696. The molecule has 0 aromatic carbocycles. The molecule has 5 heteroatoms. The summed E-state index contributed by atoms with van der Waals surface area (Å²) in [5, 5.41) is 8.43. The van der Waals surface area contributed by atoms with Crippen molar-refractivity contribution < 1.29 is 14.6 Å². The highest BCUT2D eigenvalue weighted by molar-refractivity contribution is 5.66. The zero-order valence-electron chi connectivity index (χ0n) is 7.23. The number of nitrogens with zero attached hydrogens (tertiary/aromatic N) is 2. The van der Waals surface area contributed by atoms with Gasteiger partial charge >= 0.3 is 5.97 Å². The van der Waals surface area contributed by atoms with Crippen LogP contribution in [0.3, 0.4) is 0 Å². The molecule has 0 aliphatic heterocycles.